The van der Waals surface area contributed by atoms with Crippen molar-refractivity contribution < 1.29 is 29.0 Å². The van der Waals surface area contributed by atoms with Gasteiger partial charge in [0.1, 0.15) is 0 Å². The summed E-state index contributed by atoms with van der Waals surface area (Å²) in [6.45, 7) is 3.81. The van der Waals surface area contributed by atoms with Crippen LogP contribution in [-0.2, 0) is 20.7 Å². The van der Waals surface area contributed by atoms with Crippen LogP contribution in [0.15, 0.2) is 48.5 Å². The molecule has 1 unspecified atom stereocenters. The molecule has 0 bridgehead atoms. The second-order valence-electron chi connectivity index (χ2n) is 5.80. The second kappa shape index (κ2) is 9.64. The van der Waals surface area contributed by atoms with Crippen LogP contribution in [0, 0.1) is 0 Å². The van der Waals surface area contributed by atoms with E-state index >= 15 is 0 Å². The Balaban J connectivity index is 2.19. The normalized spacial score (nSPS) is 11.5. The van der Waals surface area contributed by atoms with Crippen molar-refractivity contribution in [3.05, 3.63) is 70.8 Å². The topological polar surface area (TPSA) is 89.9 Å². The first-order valence-electron chi connectivity index (χ1n) is 8.71. The zero-order valence-corrected chi connectivity index (χ0v) is 15.3. The van der Waals surface area contributed by atoms with Gasteiger partial charge in [-0.15, -0.1) is 0 Å². The van der Waals surface area contributed by atoms with Crippen molar-refractivity contribution in [2.24, 2.45) is 0 Å². The van der Waals surface area contributed by atoms with E-state index in [9.17, 15) is 19.5 Å². The van der Waals surface area contributed by atoms with Gasteiger partial charge in [0.25, 0.3) is 0 Å². The Labute approximate surface area is 157 Å². The first kappa shape index (κ1) is 20.3. The van der Waals surface area contributed by atoms with Crippen molar-refractivity contribution in [1.82, 2.24) is 0 Å². The van der Waals surface area contributed by atoms with E-state index in [0.29, 0.717) is 22.3 Å². The molecule has 0 saturated carbocycles. The van der Waals surface area contributed by atoms with Crippen LogP contribution in [0.1, 0.15) is 45.7 Å². The lowest BCUT2D eigenvalue weighted by Crippen LogP contribution is -2.25. The van der Waals surface area contributed by atoms with Gasteiger partial charge in [0.2, 0.25) is 0 Å². The van der Waals surface area contributed by atoms with Crippen LogP contribution >= 0.6 is 0 Å². The third-order valence-corrected chi connectivity index (χ3v) is 3.81. The molecule has 6 nitrogen and oxygen atoms in total. The molecular formula is C21H22O6. The number of esters is 2. The highest BCUT2D eigenvalue weighted by Gasteiger charge is 2.18. The van der Waals surface area contributed by atoms with Crippen molar-refractivity contribution in [2.45, 2.75) is 26.4 Å². The van der Waals surface area contributed by atoms with E-state index < -0.39 is 18.0 Å². The zero-order valence-electron chi connectivity index (χ0n) is 15.3. The van der Waals surface area contributed by atoms with Gasteiger partial charge in [0, 0.05) is 17.5 Å². The fourth-order valence-electron chi connectivity index (χ4n) is 2.55. The van der Waals surface area contributed by atoms with Crippen LogP contribution in [0.3, 0.4) is 0 Å². The third kappa shape index (κ3) is 5.49. The van der Waals surface area contributed by atoms with Crippen molar-refractivity contribution in [3.8, 4) is 0 Å². The van der Waals surface area contributed by atoms with Crippen LogP contribution in [0.25, 0.3) is 0 Å². The van der Waals surface area contributed by atoms with Gasteiger partial charge in [-0.25, -0.2) is 9.59 Å². The molecule has 2 aromatic carbocycles. The van der Waals surface area contributed by atoms with E-state index in [1.54, 1.807) is 56.3 Å². The van der Waals surface area contributed by atoms with Gasteiger partial charge >= 0.3 is 11.9 Å². The van der Waals surface area contributed by atoms with E-state index in [4.69, 9.17) is 9.47 Å². The second-order valence-corrected chi connectivity index (χ2v) is 5.80. The number of benzene rings is 2. The molecule has 27 heavy (non-hydrogen) atoms. The lowest BCUT2D eigenvalue weighted by atomic mass is 9.98. The number of aliphatic hydroxyl groups excluding tert-OH is 1. The molecule has 142 valence electrons. The molecule has 0 fully saturated rings. The SMILES string of the molecule is CCOC(=O)c1cccc(C(=O)c2cccc(CC(O)C(=O)OCC)c2)c1. The lowest BCUT2D eigenvalue weighted by molar-refractivity contribution is -0.152. The number of hydrogen-bond acceptors (Lipinski definition) is 6. The van der Waals surface area contributed by atoms with Gasteiger partial charge in [-0.1, -0.05) is 30.3 Å². The predicted octanol–water partition coefficient (Wildman–Crippen LogP) is 2.56. The molecule has 0 heterocycles. The molecule has 0 spiro atoms. The Hall–Kier alpha value is -2.99. The number of rotatable bonds is 8. The molecule has 2 rings (SSSR count). The highest BCUT2D eigenvalue weighted by molar-refractivity contribution is 6.10. The van der Waals surface area contributed by atoms with E-state index in [1.165, 1.54) is 6.07 Å². The number of carbonyl (C=O) groups excluding carboxylic acids is 3. The van der Waals surface area contributed by atoms with Crippen molar-refractivity contribution in [2.75, 3.05) is 13.2 Å². The molecule has 0 aliphatic heterocycles. The summed E-state index contributed by atoms with van der Waals surface area (Å²) in [5.74, 6) is -1.46. The van der Waals surface area contributed by atoms with Crippen molar-refractivity contribution in [1.29, 1.82) is 0 Å². The Kier molecular flexibility index (Phi) is 7.25. The summed E-state index contributed by atoms with van der Waals surface area (Å²) in [6.07, 6.45) is -1.24. The summed E-state index contributed by atoms with van der Waals surface area (Å²) in [7, 11) is 0. The van der Waals surface area contributed by atoms with E-state index in [-0.39, 0.29) is 25.4 Å². The molecule has 0 radical (unpaired) electrons. The number of aliphatic hydroxyl groups is 1. The first-order chi connectivity index (χ1) is 13.0. The van der Waals surface area contributed by atoms with Crippen LogP contribution < -0.4 is 0 Å². The summed E-state index contributed by atoms with van der Waals surface area (Å²) in [4.78, 5) is 36.1. The molecule has 0 saturated heterocycles. The highest BCUT2D eigenvalue weighted by atomic mass is 16.5. The maximum atomic E-state index is 12.7. The lowest BCUT2D eigenvalue weighted by Gasteiger charge is -2.10. The van der Waals surface area contributed by atoms with Gasteiger partial charge in [0.05, 0.1) is 18.8 Å². The fourth-order valence-corrected chi connectivity index (χ4v) is 2.55. The molecule has 1 N–H and O–H groups in total. The molecule has 2 aromatic rings. The molecule has 0 aromatic heterocycles. The van der Waals surface area contributed by atoms with Gasteiger partial charge in [-0.05, 0) is 37.6 Å². The van der Waals surface area contributed by atoms with Gasteiger partial charge in [-0.3, -0.25) is 4.79 Å². The van der Waals surface area contributed by atoms with Crippen LogP contribution in [0.4, 0.5) is 0 Å². The molecule has 0 aliphatic rings. The maximum Gasteiger partial charge on any atom is 0.338 e. The Morgan fingerprint density at radius 1 is 0.889 bits per heavy atom. The van der Waals surface area contributed by atoms with Crippen LogP contribution in [-0.4, -0.2) is 42.1 Å². The Bertz CT molecular complexity index is 827. The van der Waals surface area contributed by atoms with Crippen LogP contribution in [0.2, 0.25) is 0 Å². The van der Waals surface area contributed by atoms with Crippen LogP contribution in [0.5, 0.6) is 0 Å². The molecule has 0 amide bonds. The predicted molar refractivity (Wildman–Crippen MR) is 98.6 cm³/mol. The quantitative estimate of drug-likeness (QED) is 0.567. The summed E-state index contributed by atoms with van der Waals surface area (Å²) in [5.41, 5.74) is 1.67. The van der Waals surface area contributed by atoms with Crippen molar-refractivity contribution >= 4 is 17.7 Å². The summed E-state index contributed by atoms with van der Waals surface area (Å²) in [6, 6.07) is 13.0. The maximum absolute atomic E-state index is 12.7. The monoisotopic (exact) mass is 370 g/mol. The summed E-state index contributed by atoms with van der Waals surface area (Å²) >= 11 is 0. The minimum absolute atomic E-state index is 0.0445. The number of carbonyl (C=O) groups is 3. The Morgan fingerprint density at radius 3 is 2.15 bits per heavy atom. The van der Waals surface area contributed by atoms with E-state index in [0.717, 1.165) is 0 Å². The average Bonchev–Trinajstić information content (AvgIpc) is 2.68. The third-order valence-electron chi connectivity index (χ3n) is 3.81. The largest absolute Gasteiger partial charge is 0.464 e. The van der Waals surface area contributed by atoms with Crippen molar-refractivity contribution in [3.63, 3.8) is 0 Å². The smallest absolute Gasteiger partial charge is 0.338 e. The average molecular weight is 370 g/mol. The van der Waals surface area contributed by atoms with Gasteiger partial charge in [-0.2, -0.15) is 0 Å². The van der Waals surface area contributed by atoms with Gasteiger partial charge < -0.3 is 14.6 Å². The number of ether oxygens (including phenoxy) is 2. The first-order valence-corrected chi connectivity index (χ1v) is 8.71. The Morgan fingerprint density at radius 2 is 1.48 bits per heavy atom. The number of ketones is 1. The van der Waals surface area contributed by atoms with Gasteiger partial charge in [0.15, 0.2) is 11.9 Å². The highest BCUT2D eigenvalue weighted by Crippen LogP contribution is 2.15. The summed E-state index contributed by atoms with van der Waals surface area (Å²) in [5, 5.41) is 9.89. The minimum atomic E-state index is -1.29. The standard InChI is InChI=1S/C21H22O6/c1-3-26-20(24)17-10-6-9-16(13-17)19(23)15-8-5-7-14(11-15)12-18(22)21(25)27-4-2/h5-11,13,18,22H,3-4,12H2,1-2H3. The number of hydrogen-bond donors (Lipinski definition) is 1. The fraction of sp³-hybridized carbons (Fsp3) is 0.286. The summed E-state index contributed by atoms with van der Waals surface area (Å²) < 4.78 is 9.73. The van der Waals surface area contributed by atoms with E-state index in [2.05, 4.69) is 0 Å². The minimum Gasteiger partial charge on any atom is -0.464 e. The zero-order chi connectivity index (χ0) is 19.8. The molecule has 6 heteroatoms. The molecular weight excluding hydrogens is 348 g/mol. The molecule has 1 atom stereocenters. The van der Waals surface area contributed by atoms with E-state index in [1.807, 2.05) is 0 Å². The molecule has 0 aliphatic carbocycles.